The summed E-state index contributed by atoms with van der Waals surface area (Å²) in [6, 6.07) is 13.3. The van der Waals surface area contributed by atoms with Crippen molar-refractivity contribution in [2.24, 2.45) is 0 Å². The van der Waals surface area contributed by atoms with Gasteiger partial charge in [-0.3, -0.25) is 9.69 Å². The van der Waals surface area contributed by atoms with Crippen LogP contribution in [-0.2, 0) is 15.1 Å². The van der Waals surface area contributed by atoms with Crippen LogP contribution in [0.25, 0.3) is 10.8 Å². The maximum absolute atomic E-state index is 12.9. The van der Waals surface area contributed by atoms with E-state index in [1.807, 2.05) is 56.3 Å². The number of rotatable bonds is 5. The first-order valence-electron chi connectivity index (χ1n) is 8.17. The van der Waals surface area contributed by atoms with Crippen LogP contribution in [-0.4, -0.2) is 36.1 Å². The molecule has 5 heteroatoms. The zero-order valence-corrected chi connectivity index (χ0v) is 14.2. The quantitative estimate of drug-likeness (QED) is 0.859. The van der Waals surface area contributed by atoms with Gasteiger partial charge in [-0.15, -0.1) is 0 Å². The van der Waals surface area contributed by atoms with Gasteiger partial charge in [-0.05, 0) is 37.1 Å². The number of imide groups is 1. The molecule has 5 nitrogen and oxygen atoms in total. The summed E-state index contributed by atoms with van der Waals surface area (Å²) in [6.07, 6.45) is 0.0650. The fraction of sp³-hybridized carbons (Fsp3) is 0.368. The number of nitrogens with zero attached hydrogens (tertiary/aromatic N) is 1. The van der Waals surface area contributed by atoms with Gasteiger partial charge in [-0.1, -0.05) is 42.5 Å². The molecule has 1 aliphatic heterocycles. The van der Waals surface area contributed by atoms with Gasteiger partial charge in [0, 0.05) is 0 Å². The van der Waals surface area contributed by atoms with Crippen LogP contribution in [0.3, 0.4) is 0 Å². The molecule has 1 aliphatic rings. The molecule has 1 saturated heterocycles. The first-order chi connectivity index (χ1) is 11.4. The van der Waals surface area contributed by atoms with Crippen molar-refractivity contribution in [1.82, 2.24) is 10.2 Å². The van der Waals surface area contributed by atoms with E-state index in [0.717, 1.165) is 16.3 Å². The standard InChI is InChI=1S/C19H22N2O3/c1-13(2)24-12-11-21-17(22)19(3,20-18(21)23)16-10-6-8-14-7-4-5-9-15(14)16/h4-10,13H,11-12H2,1-3H3,(H,20,23)/t19-/m0/s1. The molecule has 0 spiro atoms. The summed E-state index contributed by atoms with van der Waals surface area (Å²) in [5, 5.41) is 4.87. The average Bonchev–Trinajstić information content (AvgIpc) is 2.78. The highest BCUT2D eigenvalue weighted by Gasteiger charge is 2.49. The molecule has 24 heavy (non-hydrogen) atoms. The highest BCUT2D eigenvalue weighted by Crippen LogP contribution is 2.33. The van der Waals surface area contributed by atoms with Crippen molar-refractivity contribution in [3.8, 4) is 0 Å². The lowest BCUT2D eigenvalue weighted by Crippen LogP contribution is -2.41. The number of amides is 3. The van der Waals surface area contributed by atoms with E-state index in [-0.39, 0.29) is 24.6 Å². The Morgan fingerprint density at radius 3 is 2.58 bits per heavy atom. The van der Waals surface area contributed by atoms with Crippen LogP contribution < -0.4 is 5.32 Å². The molecule has 3 amide bonds. The molecule has 0 aliphatic carbocycles. The van der Waals surface area contributed by atoms with E-state index < -0.39 is 5.54 Å². The van der Waals surface area contributed by atoms with Crippen LogP contribution in [0.5, 0.6) is 0 Å². The fourth-order valence-electron chi connectivity index (χ4n) is 3.12. The number of fused-ring (bicyclic) bond motifs is 1. The normalized spacial score (nSPS) is 20.9. The van der Waals surface area contributed by atoms with Crippen LogP contribution in [0.4, 0.5) is 4.79 Å². The summed E-state index contributed by atoms with van der Waals surface area (Å²) in [7, 11) is 0. The Balaban J connectivity index is 1.92. The Labute approximate surface area is 141 Å². The molecular formula is C19H22N2O3. The third-order valence-electron chi connectivity index (χ3n) is 4.37. The highest BCUT2D eigenvalue weighted by molar-refractivity contribution is 6.09. The number of urea groups is 1. The minimum absolute atomic E-state index is 0.0650. The molecule has 0 unspecified atom stereocenters. The number of ether oxygens (including phenoxy) is 1. The van der Waals surface area contributed by atoms with Crippen molar-refractivity contribution < 1.29 is 14.3 Å². The van der Waals surface area contributed by atoms with E-state index in [1.165, 1.54) is 4.90 Å². The Bertz CT molecular complexity index is 782. The van der Waals surface area contributed by atoms with Gasteiger partial charge in [0.15, 0.2) is 0 Å². The molecule has 2 aromatic rings. The Morgan fingerprint density at radius 2 is 1.83 bits per heavy atom. The summed E-state index contributed by atoms with van der Waals surface area (Å²) < 4.78 is 5.47. The molecule has 1 fully saturated rings. The molecule has 0 bridgehead atoms. The third-order valence-corrected chi connectivity index (χ3v) is 4.37. The molecular weight excluding hydrogens is 304 g/mol. The van der Waals surface area contributed by atoms with Gasteiger partial charge < -0.3 is 10.1 Å². The van der Waals surface area contributed by atoms with Gasteiger partial charge in [-0.2, -0.15) is 0 Å². The third kappa shape index (κ3) is 2.76. The van der Waals surface area contributed by atoms with Crippen molar-refractivity contribution in [2.75, 3.05) is 13.2 Å². The average molecular weight is 326 g/mol. The summed E-state index contributed by atoms with van der Waals surface area (Å²) >= 11 is 0. The molecule has 0 radical (unpaired) electrons. The zero-order chi connectivity index (χ0) is 17.3. The first kappa shape index (κ1) is 16.5. The van der Waals surface area contributed by atoms with Crippen molar-refractivity contribution in [2.45, 2.75) is 32.4 Å². The second-order valence-corrected chi connectivity index (χ2v) is 6.46. The second kappa shape index (κ2) is 6.24. The topological polar surface area (TPSA) is 58.6 Å². The number of benzene rings is 2. The summed E-state index contributed by atoms with van der Waals surface area (Å²) in [4.78, 5) is 26.5. The van der Waals surface area contributed by atoms with Crippen LogP contribution in [0.2, 0.25) is 0 Å². The Kier molecular flexibility index (Phi) is 4.28. The number of carbonyl (C=O) groups is 2. The molecule has 3 rings (SSSR count). The summed E-state index contributed by atoms with van der Waals surface area (Å²) in [5.74, 6) is -0.240. The highest BCUT2D eigenvalue weighted by atomic mass is 16.5. The SMILES string of the molecule is CC(C)OCCN1C(=O)N[C@@](C)(c2cccc3ccccc23)C1=O. The zero-order valence-electron chi connectivity index (χ0n) is 14.2. The smallest absolute Gasteiger partial charge is 0.325 e. The molecule has 1 N–H and O–H groups in total. The Hall–Kier alpha value is -2.40. The Morgan fingerprint density at radius 1 is 1.12 bits per heavy atom. The first-order valence-corrected chi connectivity index (χ1v) is 8.17. The van der Waals surface area contributed by atoms with Gasteiger partial charge in [0.05, 0.1) is 19.3 Å². The monoisotopic (exact) mass is 326 g/mol. The van der Waals surface area contributed by atoms with Crippen molar-refractivity contribution in [1.29, 1.82) is 0 Å². The lowest BCUT2D eigenvalue weighted by molar-refractivity contribution is -0.131. The molecule has 1 atom stereocenters. The van der Waals surface area contributed by atoms with E-state index in [9.17, 15) is 9.59 Å². The van der Waals surface area contributed by atoms with Gasteiger partial charge >= 0.3 is 6.03 Å². The minimum atomic E-state index is -1.06. The summed E-state index contributed by atoms with van der Waals surface area (Å²) in [6.45, 7) is 6.20. The van der Waals surface area contributed by atoms with Crippen LogP contribution in [0, 0.1) is 0 Å². The van der Waals surface area contributed by atoms with Gasteiger partial charge in [0.2, 0.25) is 0 Å². The van der Waals surface area contributed by atoms with E-state index in [0.29, 0.717) is 6.61 Å². The predicted molar refractivity (Wildman–Crippen MR) is 92.6 cm³/mol. The van der Waals surface area contributed by atoms with Crippen molar-refractivity contribution >= 4 is 22.7 Å². The number of carbonyl (C=O) groups excluding carboxylic acids is 2. The van der Waals surface area contributed by atoms with Crippen LogP contribution in [0.1, 0.15) is 26.3 Å². The number of hydrogen-bond donors (Lipinski definition) is 1. The van der Waals surface area contributed by atoms with Gasteiger partial charge in [-0.25, -0.2) is 4.79 Å². The van der Waals surface area contributed by atoms with E-state index in [2.05, 4.69) is 5.32 Å². The molecule has 1 heterocycles. The maximum atomic E-state index is 12.9. The van der Waals surface area contributed by atoms with Gasteiger partial charge in [0.1, 0.15) is 5.54 Å². The summed E-state index contributed by atoms with van der Waals surface area (Å²) in [5.41, 5.74) is -0.248. The molecule has 0 aromatic heterocycles. The maximum Gasteiger partial charge on any atom is 0.325 e. The minimum Gasteiger partial charge on any atom is -0.377 e. The van der Waals surface area contributed by atoms with Gasteiger partial charge in [0.25, 0.3) is 5.91 Å². The second-order valence-electron chi connectivity index (χ2n) is 6.46. The molecule has 0 saturated carbocycles. The van der Waals surface area contributed by atoms with Crippen LogP contribution in [0.15, 0.2) is 42.5 Å². The van der Waals surface area contributed by atoms with E-state index >= 15 is 0 Å². The molecule has 126 valence electrons. The van der Waals surface area contributed by atoms with E-state index in [1.54, 1.807) is 6.92 Å². The fourth-order valence-corrected chi connectivity index (χ4v) is 3.12. The van der Waals surface area contributed by atoms with Crippen molar-refractivity contribution in [3.63, 3.8) is 0 Å². The lowest BCUT2D eigenvalue weighted by atomic mass is 9.88. The predicted octanol–water partition coefficient (Wildman–Crippen LogP) is 3.03. The molecule has 2 aromatic carbocycles. The van der Waals surface area contributed by atoms with E-state index in [4.69, 9.17) is 4.74 Å². The van der Waals surface area contributed by atoms with Crippen molar-refractivity contribution in [3.05, 3.63) is 48.0 Å². The number of nitrogens with one attached hydrogen (secondary N) is 1. The number of hydrogen-bond acceptors (Lipinski definition) is 3. The van der Waals surface area contributed by atoms with Crippen LogP contribution >= 0.6 is 0 Å². The lowest BCUT2D eigenvalue weighted by Gasteiger charge is -2.24. The largest absolute Gasteiger partial charge is 0.377 e.